The zero-order chi connectivity index (χ0) is 14.2. The van der Waals surface area contributed by atoms with Crippen LogP contribution in [-0.2, 0) is 11.2 Å². The molecule has 0 aliphatic carbocycles. The predicted molar refractivity (Wildman–Crippen MR) is 82.4 cm³/mol. The monoisotopic (exact) mass is 293 g/mol. The zero-order valence-electron chi connectivity index (χ0n) is 12.4. The lowest BCUT2D eigenvalue weighted by molar-refractivity contribution is 0.0616. The fourth-order valence-corrected chi connectivity index (χ4v) is 3.69. The average Bonchev–Trinajstić information content (AvgIpc) is 3.04. The highest BCUT2D eigenvalue weighted by Gasteiger charge is 2.41. The lowest BCUT2D eigenvalue weighted by Gasteiger charge is -2.32. The number of nitrogens with zero attached hydrogens (tertiary/aromatic N) is 2. The minimum Gasteiger partial charge on any atom is -0.378 e. The number of imidazole rings is 1. The standard InChI is InChI=1S/C15H23N3OS/c1-11(2)16-10-15(4-6-19-12(15)3)8-13-9-18-5-7-20-14(18)17-13/h5,7,9,11-12,16H,4,6,8,10H2,1-3H3. The molecular formula is C15H23N3OS. The lowest BCUT2D eigenvalue weighted by Crippen LogP contribution is -2.43. The molecule has 0 radical (unpaired) electrons. The molecule has 2 aromatic heterocycles. The highest BCUT2D eigenvalue weighted by atomic mass is 32.1. The number of hydrogen-bond donors (Lipinski definition) is 1. The molecule has 1 saturated heterocycles. The Morgan fingerprint density at radius 3 is 3.10 bits per heavy atom. The third-order valence-electron chi connectivity index (χ3n) is 4.37. The first-order valence-electron chi connectivity index (χ1n) is 7.35. The van der Waals surface area contributed by atoms with Gasteiger partial charge in [0.1, 0.15) is 0 Å². The Balaban J connectivity index is 1.80. The Morgan fingerprint density at radius 2 is 2.45 bits per heavy atom. The minimum absolute atomic E-state index is 0.175. The van der Waals surface area contributed by atoms with E-state index in [4.69, 9.17) is 9.72 Å². The molecule has 1 aliphatic heterocycles. The molecule has 0 aromatic carbocycles. The molecular weight excluding hydrogens is 270 g/mol. The van der Waals surface area contributed by atoms with Gasteiger partial charge in [0.15, 0.2) is 4.96 Å². The predicted octanol–water partition coefficient (Wildman–Crippen LogP) is 2.73. The van der Waals surface area contributed by atoms with Crippen molar-refractivity contribution in [1.82, 2.24) is 14.7 Å². The van der Waals surface area contributed by atoms with E-state index in [1.165, 1.54) is 5.69 Å². The third-order valence-corrected chi connectivity index (χ3v) is 5.14. The van der Waals surface area contributed by atoms with Crippen LogP contribution in [0, 0.1) is 5.41 Å². The maximum atomic E-state index is 5.86. The molecule has 2 unspecified atom stereocenters. The van der Waals surface area contributed by atoms with E-state index < -0.39 is 0 Å². The lowest BCUT2D eigenvalue weighted by atomic mass is 9.77. The molecule has 0 amide bonds. The summed E-state index contributed by atoms with van der Waals surface area (Å²) < 4.78 is 7.97. The quantitative estimate of drug-likeness (QED) is 0.921. The molecule has 2 atom stereocenters. The van der Waals surface area contributed by atoms with Crippen molar-refractivity contribution < 1.29 is 4.74 Å². The first kappa shape index (κ1) is 14.0. The second kappa shape index (κ2) is 5.47. The molecule has 2 aromatic rings. The first-order valence-corrected chi connectivity index (χ1v) is 8.23. The van der Waals surface area contributed by atoms with Crippen molar-refractivity contribution in [3.8, 4) is 0 Å². The number of fused-ring (bicyclic) bond motifs is 1. The number of hydrogen-bond acceptors (Lipinski definition) is 4. The number of rotatable bonds is 5. The summed E-state index contributed by atoms with van der Waals surface area (Å²) in [5.74, 6) is 0. The van der Waals surface area contributed by atoms with E-state index in [0.29, 0.717) is 6.04 Å². The van der Waals surface area contributed by atoms with Gasteiger partial charge in [0.2, 0.25) is 0 Å². The number of ether oxygens (including phenoxy) is 1. The Hall–Kier alpha value is -0.910. The summed E-state index contributed by atoms with van der Waals surface area (Å²) in [7, 11) is 0. The van der Waals surface area contributed by atoms with E-state index in [0.717, 1.165) is 31.0 Å². The number of nitrogens with one attached hydrogen (secondary N) is 1. The summed E-state index contributed by atoms with van der Waals surface area (Å²) in [6.07, 6.45) is 6.62. The summed E-state index contributed by atoms with van der Waals surface area (Å²) in [5, 5.41) is 5.67. The minimum atomic E-state index is 0.175. The summed E-state index contributed by atoms with van der Waals surface area (Å²) in [6.45, 7) is 8.45. The molecule has 1 fully saturated rings. The Morgan fingerprint density at radius 1 is 1.60 bits per heavy atom. The molecule has 0 bridgehead atoms. The van der Waals surface area contributed by atoms with Crippen molar-refractivity contribution in [2.24, 2.45) is 5.41 Å². The van der Waals surface area contributed by atoms with Crippen molar-refractivity contribution in [3.05, 3.63) is 23.5 Å². The Kier molecular flexibility index (Phi) is 3.84. The molecule has 110 valence electrons. The van der Waals surface area contributed by atoms with Crippen LogP contribution in [0.2, 0.25) is 0 Å². The van der Waals surface area contributed by atoms with E-state index in [1.807, 2.05) is 0 Å². The van der Waals surface area contributed by atoms with E-state index in [9.17, 15) is 0 Å². The van der Waals surface area contributed by atoms with Crippen molar-refractivity contribution in [2.75, 3.05) is 13.2 Å². The summed E-state index contributed by atoms with van der Waals surface area (Å²) in [6, 6.07) is 0.505. The highest BCUT2D eigenvalue weighted by molar-refractivity contribution is 7.15. The maximum Gasteiger partial charge on any atom is 0.193 e. The molecule has 3 heterocycles. The van der Waals surface area contributed by atoms with Crippen LogP contribution in [0.15, 0.2) is 17.8 Å². The van der Waals surface area contributed by atoms with Crippen LogP contribution >= 0.6 is 11.3 Å². The molecule has 5 heteroatoms. The van der Waals surface area contributed by atoms with E-state index in [2.05, 4.69) is 48.3 Å². The normalized spacial score (nSPS) is 26.9. The van der Waals surface area contributed by atoms with Gasteiger partial charge in [0.25, 0.3) is 0 Å². The fraction of sp³-hybridized carbons (Fsp3) is 0.667. The summed E-state index contributed by atoms with van der Waals surface area (Å²) in [4.78, 5) is 5.82. The highest BCUT2D eigenvalue weighted by Crippen LogP contribution is 2.37. The van der Waals surface area contributed by atoms with Gasteiger partial charge in [0, 0.05) is 48.8 Å². The van der Waals surface area contributed by atoms with Crippen LogP contribution in [0.25, 0.3) is 4.96 Å². The second-order valence-electron chi connectivity index (χ2n) is 6.16. The van der Waals surface area contributed by atoms with Crippen molar-refractivity contribution in [3.63, 3.8) is 0 Å². The maximum absolute atomic E-state index is 5.86. The molecule has 1 N–H and O–H groups in total. The smallest absolute Gasteiger partial charge is 0.193 e. The molecule has 3 rings (SSSR count). The van der Waals surface area contributed by atoms with Crippen molar-refractivity contribution in [2.45, 2.75) is 45.8 Å². The number of thiazole rings is 1. The van der Waals surface area contributed by atoms with Gasteiger partial charge in [-0.15, -0.1) is 11.3 Å². The fourth-order valence-electron chi connectivity index (χ4n) is 2.98. The topological polar surface area (TPSA) is 38.6 Å². The SMILES string of the molecule is CC(C)NCC1(Cc2cn3ccsc3n2)CCOC1C. The first-order chi connectivity index (χ1) is 9.59. The van der Waals surface area contributed by atoms with E-state index in [-0.39, 0.29) is 11.5 Å². The van der Waals surface area contributed by atoms with Crippen molar-refractivity contribution >= 4 is 16.3 Å². The zero-order valence-corrected chi connectivity index (χ0v) is 13.2. The average molecular weight is 293 g/mol. The van der Waals surface area contributed by atoms with Crippen LogP contribution in [0.1, 0.15) is 32.9 Å². The van der Waals surface area contributed by atoms with Gasteiger partial charge in [-0.3, -0.25) is 4.40 Å². The van der Waals surface area contributed by atoms with Crippen LogP contribution in [0.5, 0.6) is 0 Å². The molecule has 4 nitrogen and oxygen atoms in total. The van der Waals surface area contributed by atoms with Gasteiger partial charge >= 0.3 is 0 Å². The molecule has 0 saturated carbocycles. The summed E-state index contributed by atoms with van der Waals surface area (Å²) in [5.41, 5.74) is 1.36. The third kappa shape index (κ3) is 2.62. The molecule has 20 heavy (non-hydrogen) atoms. The van der Waals surface area contributed by atoms with Gasteiger partial charge in [0.05, 0.1) is 11.8 Å². The van der Waals surface area contributed by atoms with Crippen LogP contribution in [0.4, 0.5) is 0 Å². The Labute approximate surface area is 124 Å². The number of aromatic nitrogens is 2. The van der Waals surface area contributed by atoms with Gasteiger partial charge < -0.3 is 10.1 Å². The van der Waals surface area contributed by atoms with Gasteiger partial charge in [-0.05, 0) is 13.3 Å². The van der Waals surface area contributed by atoms with Gasteiger partial charge in [-0.2, -0.15) is 0 Å². The van der Waals surface area contributed by atoms with Crippen molar-refractivity contribution in [1.29, 1.82) is 0 Å². The van der Waals surface area contributed by atoms with Crippen LogP contribution in [-0.4, -0.2) is 34.7 Å². The van der Waals surface area contributed by atoms with Gasteiger partial charge in [-0.1, -0.05) is 13.8 Å². The Bertz CT molecular complexity index is 548. The second-order valence-corrected chi connectivity index (χ2v) is 7.04. The largest absolute Gasteiger partial charge is 0.378 e. The van der Waals surface area contributed by atoms with E-state index in [1.54, 1.807) is 11.3 Å². The van der Waals surface area contributed by atoms with Gasteiger partial charge in [-0.25, -0.2) is 4.98 Å². The molecule has 1 aliphatic rings. The summed E-state index contributed by atoms with van der Waals surface area (Å²) >= 11 is 1.69. The van der Waals surface area contributed by atoms with Crippen LogP contribution in [0.3, 0.4) is 0 Å². The molecule has 0 spiro atoms. The van der Waals surface area contributed by atoms with Crippen LogP contribution < -0.4 is 5.32 Å². The van der Waals surface area contributed by atoms with E-state index >= 15 is 0 Å².